The number of hydrogen-bond donors (Lipinski definition) is 0. The minimum atomic E-state index is -0.772. The van der Waals surface area contributed by atoms with Crippen molar-refractivity contribution in [3.8, 4) is 45.3 Å². The number of anilines is 6. The molecule has 1 aromatic heterocycles. The maximum atomic E-state index is 15.3. The van der Waals surface area contributed by atoms with Gasteiger partial charge in [-0.1, -0.05) is 237 Å². The van der Waals surface area contributed by atoms with Crippen LogP contribution in [0.4, 0.5) is 42.9 Å². The van der Waals surface area contributed by atoms with Crippen LogP contribution in [-0.2, 0) is 21.7 Å². The number of fused-ring (bicyclic) bond motifs is 11. The molecule has 2 aliphatic rings. The lowest BCUT2D eigenvalue weighted by atomic mass is 9.67. The van der Waals surface area contributed by atoms with E-state index in [0.717, 1.165) is 167 Å². The second kappa shape index (κ2) is 27.1. The number of rotatable bonds is 16. The molecule has 0 amide bonds. The summed E-state index contributed by atoms with van der Waals surface area (Å²) in [6.45, 7) is 21.4. The predicted octanol–water partition coefficient (Wildman–Crippen LogP) is 29.3. The second-order valence-electron chi connectivity index (χ2n) is 32.0. The number of furan rings is 1. The van der Waals surface area contributed by atoms with Gasteiger partial charge in [0.25, 0.3) is 0 Å². The van der Waals surface area contributed by atoms with Gasteiger partial charge in [-0.25, -0.2) is 8.78 Å². The smallest absolute Gasteiger partial charge is 0.136 e. The summed E-state index contributed by atoms with van der Waals surface area (Å²) in [6.07, 6.45) is 3.66. The normalized spacial score (nSPS) is 14.9. The molecule has 0 saturated heterocycles. The Morgan fingerprint density at radius 1 is 0.301 bits per heavy atom. The van der Waals surface area contributed by atoms with E-state index in [1.165, 1.54) is 46.5 Å². The number of halogens is 2. The Morgan fingerprint density at radius 3 is 0.965 bits per heavy atom. The number of ether oxygens (including phenoxy) is 2. The third-order valence-electron chi connectivity index (χ3n) is 23.3. The minimum Gasteiger partial charge on any atom is -0.457 e. The van der Waals surface area contributed by atoms with Crippen molar-refractivity contribution >= 4 is 89.8 Å². The third-order valence-corrected chi connectivity index (χ3v) is 23.3. The lowest BCUT2D eigenvalue weighted by Crippen LogP contribution is -2.29. The van der Waals surface area contributed by atoms with Crippen LogP contribution in [0.25, 0.3) is 77.9 Å². The van der Waals surface area contributed by atoms with Gasteiger partial charge in [0.1, 0.15) is 45.8 Å². The molecule has 2 aliphatic carbocycles. The van der Waals surface area contributed by atoms with E-state index in [1.807, 2.05) is 84.9 Å². The Morgan fingerprint density at radius 2 is 0.611 bits per heavy atom. The van der Waals surface area contributed by atoms with Crippen LogP contribution in [0.2, 0.25) is 0 Å². The van der Waals surface area contributed by atoms with Crippen LogP contribution in [0.1, 0.15) is 108 Å². The molecule has 0 spiro atoms. The summed E-state index contributed by atoms with van der Waals surface area (Å²) < 4.78 is 50.4. The summed E-state index contributed by atoms with van der Waals surface area (Å²) in [6, 6.07) is 118. The van der Waals surface area contributed by atoms with Crippen molar-refractivity contribution in [2.75, 3.05) is 9.80 Å². The molecular weight excluding hydrogens is 1390 g/mol. The monoisotopic (exact) mass is 1470 g/mol. The van der Waals surface area contributed by atoms with E-state index in [1.54, 1.807) is 0 Å². The van der Waals surface area contributed by atoms with Gasteiger partial charge >= 0.3 is 0 Å². The van der Waals surface area contributed by atoms with E-state index in [-0.39, 0.29) is 22.5 Å². The predicted molar refractivity (Wildman–Crippen MR) is 463 cm³/mol. The summed E-state index contributed by atoms with van der Waals surface area (Å²) in [7, 11) is 0. The fourth-order valence-corrected chi connectivity index (χ4v) is 17.6. The van der Waals surface area contributed by atoms with Gasteiger partial charge in [-0.05, 0) is 291 Å². The van der Waals surface area contributed by atoms with Crippen molar-refractivity contribution in [1.29, 1.82) is 0 Å². The minimum absolute atomic E-state index is 0.0703. The van der Waals surface area contributed by atoms with Crippen molar-refractivity contribution in [2.45, 2.75) is 63.2 Å². The molecule has 7 heteroatoms. The molecule has 113 heavy (non-hydrogen) atoms. The molecule has 19 rings (SSSR count). The molecule has 546 valence electrons. The van der Waals surface area contributed by atoms with Gasteiger partial charge in [0, 0.05) is 44.9 Å². The maximum Gasteiger partial charge on any atom is 0.136 e. The highest BCUT2D eigenvalue weighted by molar-refractivity contribution is 6.14. The van der Waals surface area contributed by atoms with Crippen LogP contribution < -0.4 is 19.3 Å². The van der Waals surface area contributed by atoms with E-state index >= 15 is 8.78 Å². The van der Waals surface area contributed by atoms with Gasteiger partial charge in [-0.3, -0.25) is 0 Å². The lowest BCUT2D eigenvalue weighted by Gasteiger charge is -2.35. The first kappa shape index (κ1) is 69.8. The van der Waals surface area contributed by atoms with Crippen molar-refractivity contribution < 1.29 is 22.7 Å². The van der Waals surface area contributed by atoms with Gasteiger partial charge < -0.3 is 23.7 Å². The zero-order chi connectivity index (χ0) is 77.1. The average molecular weight is 1470 g/mol. The fraction of sp³-hybridized carbons (Fsp3) is 0.0943. The summed E-state index contributed by atoms with van der Waals surface area (Å²) >= 11 is 0. The zero-order valence-electron chi connectivity index (χ0n) is 63.8. The topological polar surface area (TPSA) is 38.1 Å². The largest absolute Gasteiger partial charge is 0.457 e. The van der Waals surface area contributed by atoms with Crippen LogP contribution in [-0.4, -0.2) is 0 Å². The van der Waals surface area contributed by atoms with Crippen LogP contribution in [0.5, 0.6) is 23.0 Å². The number of benzene rings is 16. The van der Waals surface area contributed by atoms with Crippen molar-refractivity contribution in [3.63, 3.8) is 0 Å². The van der Waals surface area contributed by atoms with E-state index in [2.05, 4.69) is 307 Å². The Hall–Kier alpha value is -13.6. The Balaban J connectivity index is 0.728. The average Bonchev–Trinajstić information content (AvgIpc) is 1.52. The Labute approximate surface area is 657 Å². The Kier molecular flexibility index (Phi) is 16.8. The fourth-order valence-electron chi connectivity index (χ4n) is 17.6. The van der Waals surface area contributed by atoms with Gasteiger partial charge in [-0.15, -0.1) is 0 Å². The summed E-state index contributed by atoms with van der Waals surface area (Å²) in [5.74, 6) is 2.29. The molecule has 0 bridgehead atoms. The van der Waals surface area contributed by atoms with Crippen molar-refractivity contribution in [3.05, 3.63) is 431 Å². The molecule has 17 aromatic rings. The molecule has 0 radical (unpaired) electrons. The quantitative estimate of drug-likeness (QED) is 0.0964. The highest BCUT2D eigenvalue weighted by Gasteiger charge is 2.49. The second-order valence-corrected chi connectivity index (χ2v) is 32.0. The molecule has 1 heterocycles. The highest BCUT2D eigenvalue weighted by Crippen LogP contribution is 2.60. The molecular formula is C106H80F2N2O3. The summed E-state index contributed by atoms with van der Waals surface area (Å²) in [5, 5.41) is 5.94. The van der Waals surface area contributed by atoms with Gasteiger partial charge in [0.2, 0.25) is 0 Å². The van der Waals surface area contributed by atoms with Crippen LogP contribution in [0.15, 0.2) is 357 Å². The van der Waals surface area contributed by atoms with Crippen LogP contribution in [0, 0.1) is 11.6 Å². The molecule has 0 fully saturated rings. The third kappa shape index (κ3) is 12.0. The highest BCUT2D eigenvalue weighted by atomic mass is 19.1. The number of nitrogens with zero attached hydrogens (tertiary/aromatic N) is 2. The maximum absolute atomic E-state index is 15.3. The van der Waals surface area contributed by atoms with Crippen molar-refractivity contribution in [2.24, 2.45) is 0 Å². The van der Waals surface area contributed by atoms with Gasteiger partial charge in [0.15, 0.2) is 0 Å². The summed E-state index contributed by atoms with van der Waals surface area (Å²) in [4.78, 5) is 4.49. The molecule has 0 saturated carbocycles. The van der Waals surface area contributed by atoms with E-state index in [0.29, 0.717) is 0 Å². The first-order chi connectivity index (χ1) is 54.9. The lowest BCUT2D eigenvalue weighted by molar-refractivity contribution is 0.482. The SMILES string of the molecule is C=Cc1ccc(Oc2ccc(C3(c4ccc(C(C)(C)C)cc4)c4ccccc4-c4ccc(N(c5ccc(F)cc5)c5ccc6cc7oc8cc9ccc(N(c%10ccc(F)cc%10)c%10ccc%11c(c%10)C(c%10ccc(Oc%12ccc(C=C)cc%12)cc%10)(c%10ccc(C(C)(C)C)cc%10)c%10ccccc%10-%11)cc9cc8c7cc6c5)cc43)cc2)cc1. The van der Waals surface area contributed by atoms with E-state index < -0.39 is 10.8 Å². The standard InChI is InChI=1S/C106H80F2N2O3/c1-9-67-19-49-87(50-20-67)111-89-53-33-77(34-54-89)105(75-29-25-73(26-30-75)103(3,4)5)97-17-13-11-15-91(97)93-57-47-85(65-99(93)105)109(81-43-37-79(107)38-44-81)83-41-23-69-63-101-95(61-71(69)59-83)96-62-72-60-84(42-24-70(72)64-102(96)113-101)110(82-45-39-80(108)40-46-82)86-48-58-94-92-16-12-14-18-98(92)106(100(94)66-86,76-31-27-74(28-32-76)104(6,7)8)78-35-55-90(56-36-78)112-88-51-21-68(10-2)22-52-88/h9-66H,1-2H2,3-8H3. The molecule has 5 nitrogen and oxygen atoms in total. The summed E-state index contributed by atoms with van der Waals surface area (Å²) in [5.41, 5.74) is 23.2. The molecule has 0 N–H and O–H groups in total. The first-order valence-corrected chi connectivity index (χ1v) is 38.6. The zero-order valence-corrected chi connectivity index (χ0v) is 63.8. The van der Waals surface area contributed by atoms with Crippen LogP contribution in [0.3, 0.4) is 0 Å². The molecule has 16 aromatic carbocycles. The molecule has 0 aliphatic heterocycles. The van der Waals surface area contributed by atoms with Crippen LogP contribution >= 0.6 is 0 Å². The Bertz CT molecular complexity index is 6190. The molecule has 2 atom stereocenters. The van der Waals surface area contributed by atoms with Gasteiger partial charge in [-0.2, -0.15) is 0 Å². The first-order valence-electron chi connectivity index (χ1n) is 38.6. The van der Waals surface area contributed by atoms with Crippen molar-refractivity contribution in [1.82, 2.24) is 0 Å². The molecule has 2 unspecified atom stereocenters. The number of hydrogen-bond acceptors (Lipinski definition) is 5. The van der Waals surface area contributed by atoms with E-state index in [9.17, 15) is 0 Å². The van der Waals surface area contributed by atoms with Gasteiger partial charge in [0.05, 0.1) is 10.8 Å². The van der Waals surface area contributed by atoms with E-state index in [4.69, 9.17) is 13.9 Å².